The second-order valence-electron chi connectivity index (χ2n) is 4.17. The van der Waals surface area contributed by atoms with Crippen molar-refractivity contribution in [3.63, 3.8) is 0 Å². The number of urea groups is 1. The lowest BCUT2D eigenvalue weighted by atomic mass is 10.3. The van der Waals surface area contributed by atoms with Crippen LogP contribution in [0.2, 0.25) is 0 Å². The van der Waals surface area contributed by atoms with Crippen molar-refractivity contribution in [1.29, 1.82) is 0 Å². The van der Waals surface area contributed by atoms with Gasteiger partial charge in [-0.25, -0.2) is 4.79 Å². The molecule has 0 aliphatic carbocycles. The number of nitrogens with one attached hydrogen (secondary N) is 3. The number of hydrogen-bond donors (Lipinski definition) is 2. The van der Waals surface area contributed by atoms with Crippen LogP contribution in [0.1, 0.15) is 0 Å². The molecule has 2 rings (SSSR count). The van der Waals surface area contributed by atoms with Crippen molar-refractivity contribution in [2.24, 2.45) is 0 Å². The van der Waals surface area contributed by atoms with Gasteiger partial charge in [0.2, 0.25) is 0 Å². The highest BCUT2D eigenvalue weighted by Gasteiger charge is 2.03. The second kappa shape index (κ2) is 6.95. The van der Waals surface area contributed by atoms with Crippen molar-refractivity contribution in [2.75, 3.05) is 11.9 Å². The first kappa shape index (κ1) is 14.4. The Bertz CT molecular complexity index is 612. The van der Waals surface area contributed by atoms with Crippen LogP contribution < -0.4 is 21.1 Å². The molecule has 0 aliphatic rings. The summed E-state index contributed by atoms with van der Waals surface area (Å²) in [6.45, 7) is -0.318. The quantitative estimate of drug-likeness (QED) is 0.883. The van der Waals surface area contributed by atoms with E-state index in [1.165, 1.54) is 0 Å². The van der Waals surface area contributed by atoms with Gasteiger partial charge in [0, 0.05) is 5.69 Å². The lowest BCUT2D eigenvalue weighted by Crippen LogP contribution is -2.33. The zero-order valence-corrected chi connectivity index (χ0v) is 11.1. The first-order chi connectivity index (χ1) is 10.1. The smallest absolute Gasteiger partial charge is 0.319 e. The lowest BCUT2D eigenvalue weighted by Gasteiger charge is -2.08. The number of benzene rings is 2. The van der Waals surface area contributed by atoms with Gasteiger partial charge in [-0.05, 0) is 36.4 Å². The van der Waals surface area contributed by atoms with Crippen molar-refractivity contribution in [2.45, 2.75) is 0 Å². The van der Waals surface area contributed by atoms with Gasteiger partial charge in [-0.15, -0.1) is 0 Å². The SMILES string of the molecule is [NH]C(=O)CNC(=O)Nc1ccc(Oc2ccccc2)cc1. The second-order valence-corrected chi connectivity index (χ2v) is 4.17. The maximum atomic E-state index is 11.4. The largest absolute Gasteiger partial charge is 0.457 e. The molecule has 0 aliphatic heterocycles. The van der Waals surface area contributed by atoms with Crippen molar-refractivity contribution < 1.29 is 14.3 Å². The Morgan fingerprint density at radius 1 is 0.952 bits per heavy atom. The maximum absolute atomic E-state index is 11.4. The van der Waals surface area contributed by atoms with E-state index in [0.717, 1.165) is 5.75 Å². The number of hydrogen-bond acceptors (Lipinski definition) is 3. The molecular weight excluding hydrogens is 270 g/mol. The van der Waals surface area contributed by atoms with Gasteiger partial charge in [-0.1, -0.05) is 18.2 Å². The third-order valence-electron chi connectivity index (χ3n) is 2.50. The molecule has 107 valence electrons. The van der Waals surface area contributed by atoms with Gasteiger partial charge < -0.3 is 15.4 Å². The van der Waals surface area contributed by atoms with E-state index in [9.17, 15) is 9.59 Å². The summed E-state index contributed by atoms with van der Waals surface area (Å²) in [5, 5.41) is 4.81. The minimum atomic E-state index is -0.850. The van der Waals surface area contributed by atoms with Gasteiger partial charge in [0.05, 0.1) is 0 Å². The van der Waals surface area contributed by atoms with Crippen molar-refractivity contribution in [3.8, 4) is 11.5 Å². The summed E-state index contributed by atoms with van der Waals surface area (Å²) in [6, 6.07) is 15.6. The van der Waals surface area contributed by atoms with Gasteiger partial charge in [-0.2, -0.15) is 0 Å². The third kappa shape index (κ3) is 4.87. The summed E-state index contributed by atoms with van der Waals surface area (Å²) < 4.78 is 5.62. The molecule has 0 unspecified atom stereocenters. The van der Waals surface area contributed by atoms with E-state index in [4.69, 9.17) is 10.5 Å². The van der Waals surface area contributed by atoms with E-state index >= 15 is 0 Å². The number of ether oxygens (including phenoxy) is 1. The molecule has 3 N–H and O–H groups in total. The van der Waals surface area contributed by atoms with Gasteiger partial charge in [0.25, 0.3) is 5.91 Å². The highest BCUT2D eigenvalue weighted by atomic mass is 16.5. The van der Waals surface area contributed by atoms with Crippen LogP contribution in [0.25, 0.3) is 0 Å². The lowest BCUT2D eigenvalue weighted by molar-refractivity contribution is -0.117. The number of carbonyl (C=O) groups is 2. The number of amides is 3. The highest BCUT2D eigenvalue weighted by molar-refractivity contribution is 5.91. The van der Waals surface area contributed by atoms with E-state index in [1.54, 1.807) is 24.3 Å². The topological polar surface area (TPSA) is 91.2 Å². The molecule has 0 spiro atoms. The highest BCUT2D eigenvalue weighted by Crippen LogP contribution is 2.22. The number of para-hydroxylation sites is 1. The van der Waals surface area contributed by atoms with Gasteiger partial charge in [0.1, 0.15) is 18.0 Å². The van der Waals surface area contributed by atoms with E-state index in [-0.39, 0.29) is 6.54 Å². The summed E-state index contributed by atoms with van der Waals surface area (Å²) in [7, 11) is 0. The van der Waals surface area contributed by atoms with E-state index in [2.05, 4.69) is 10.6 Å². The molecule has 0 saturated heterocycles. The summed E-state index contributed by atoms with van der Waals surface area (Å²) >= 11 is 0. The number of anilines is 1. The van der Waals surface area contributed by atoms with Crippen molar-refractivity contribution in [3.05, 3.63) is 54.6 Å². The summed E-state index contributed by atoms with van der Waals surface area (Å²) in [6.07, 6.45) is 0. The molecule has 0 atom stereocenters. The number of carbonyl (C=O) groups excluding carboxylic acids is 2. The average molecular weight is 284 g/mol. The minimum Gasteiger partial charge on any atom is -0.457 e. The normalized spacial score (nSPS) is 9.71. The van der Waals surface area contributed by atoms with Gasteiger partial charge in [0.15, 0.2) is 0 Å². The van der Waals surface area contributed by atoms with Crippen LogP contribution in [0.3, 0.4) is 0 Å². The monoisotopic (exact) mass is 284 g/mol. The molecule has 6 heteroatoms. The summed E-state index contributed by atoms with van der Waals surface area (Å²) in [5.41, 5.74) is 7.25. The third-order valence-corrected chi connectivity index (χ3v) is 2.50. The first-order valence-electron chi connectivity index (χ1n) is 6.26. The standard InChI is InChI=1S/C15H14N3O3/c16-14(19)10-17-15(20)18-11-6-8-13(9-7-11)21-12-4-2-1-3-5-12/h1-9,16H,10H2,(H2,17,18,20). The van der Waals surface area contributed by atoms with E-state index in [1.807, 2.05) is 30.3 Å². The summed E-state index contributed by atoms with van der Waals surface area (Å²) in [4.78, 5) is 21.8. The Morgan fingerprint density at radius 2 is 1.57 bits per heavy atom. The Kier molecular flexibility index (Phi) is 4.76. The molecule has 0 aromatic heterocycles. The van der Waals surface area contributed by atoms with Crippen molar-refractivity contribution >= 4 is 17.6 Å². The number of rotatable bonds is 5. The van der Waals surface area contributed by atoms with Crippen LogP contribution in [0, 0.1) is 0 Å². The molecule has 3 amide bonds. The van der Waals surface area contributed by atoms with Gasteiger partial charge >= 0.3 is 6.03 Å². The molecule has 6 nitrogen and oxygen atoms in total. The molecule has 21 heavy (non-hydrogen) atoms. The van der Waals surface area contributed by atoms with E-state index < -0.39 is 11.9 Å². The van der Waals surface area contributed by atoms with Gasteiger partial charge in [-0.3, -0.25) is 10.5 Å². The van der Waals surface area contributed by atoms with Crippen LogP contribution in [-0.4, -0.2) is 18.5 Å². The molecule has 0 saturated carbocycles. The van der Waals surface area contributed by atoms with Crippen LogP contribution in [-0.2, 0) is 4.79 Å². The molecule has 1 radical (unpaired) electrons. The Hall–Kier alpha value is -3.02. The Morgan fingerprint density at radius 3 is 2.19 bits per heavy atom. The Balaban J connectivity index is 1.90. The average Bonchev–Trinajstić information content (AvgIpc) is 2.48. The first-order valence-corrected chi connectivity index (χ1v) is 6.26. The van der Waals surface area contributed by atoms with Crippen LogP contribution >= 0.6 is 0 Å². The fourth-order valence-corrected chi connectivity index (χ4v) is 1.57. The molecule has 0 fully saturated rings. The predicted molar refractivity (Wildman–Crippen MR) is 78.1 cm³/mol. The van der Waals surface area contributed by atoms with Crippen LogP contribution in [0.4, 0.5) is 10.5 Å². The molecular formula is C15H14N3O3. The Labute approximate surface area is 121 Å². The molecule has 2 aromatic carbocycles. The zero-order valence-electron chi connectivity index (χ0n) is 11.1. The predicted octanol–water partition coefficient (Wildman–Crippen LogP) is 2.41. The maximum Gasteiger partial charge on any atom is 0.319 e. The van der Waals surface area contributed by atoms with E-state index in [0.29, 0.717) is 11.4 Å². The molecule has 2 aromatic rings. The van der Waals surface area contributed by atoms with Crippen LogP contribution in [0.15, 0.2) is 54.6 Å². The minimum absolute atomic E-state index is 0.318. The fraction of sp³-hybridized carbons (Fsp3) is 0.0667. The van der Waals surface area contributed by atoms with Crippen LogP contribution in [0.5, 0.6) is 11.5 Å². The molecule has 0 bridgehead atoms. The molecule has 0 heterocycles. The fourth-order valence-electron chi connectivity index (χ4n) is 1.57. The van der Waals surface area contributed by atoms with Crippen molar-refractivity contribution in [1.82, 2.24) is 11.1 Å². The zero-order chi connectivity index (χ0) is 15.1. The summed E-state index contributed by atoms with van der Waals surface area (Å²) in [5.74, 6) is 0.523.